The third-order valence-electron chi connectivity index (χ3n) is 8.65. The van der Waals surface area contributed by atoms with E-state index in [0.29, 0.717) is 19.3 Å². The van der Waals surface area contributed by atoms with Crippen LogP contribution in [0.25, 0.3) is 0 Å². The molecule has 3 aliphatic heterocycles. The van der Waals surface area contributed by atoms with Crippen molar-refractivity contribution in [2.75, 3.05) is 26.4 Å². The maximum atomic E-state index is 6.20. The van der Waals surface area contributed by atoms with Crippen LogP contribution in [0.5, 0.6) is 23.0 Å². The topological polar surface area (TPSA) is 71.2 Å². The molecule has 4 atom stereocenters. The Hall–Kier alpha value is -4.04. The van der Waals surface area contributed by atoms with Gasteiger partial charge in [0.2, 0.25) is 5.79 Å². The van der Waals surface area contributed by atoms with Crippen LogP contribution in [-0.4, -0.2) is 56.1 Å². The molecule has 0 saturated carbocycles. The lowest BCUT2D eigenvalue weighted by molar-refractivity contribution is -0.299. The molecule has 7 rings (SSSR count). The molecule has 4 aromatic rings. The maximum absolute atomic E-state index is 6.20. The van der Waals surface area contributed by atoms with Crippen molar-refractivity contribution in [2.45, 2.75) is 76.2 Å². The SMILES string of the molecule is CC(C)(CC1CO1)Oc1ccc(Cc2ccc(OCC3CC(C)(Oc4ccc(Cc5ccc(OCC6CO6)cc5)cc4)O3)cc2)cc1. The van der Waals surface area contributed by atoms with E-state index in [4.69, 9.17) is 33.2 Å². The van der Waals surface area contributed by atoms with Gasteiger partial charge in [0.25, 0.3) is 0 Å². The highest BCUT2D eigenvalue weighted by atomic mass is 16.7. The zero-order valence-corrected chi connectivity index (χ0v) is 27.5. The highest BCUT2D eigenvalue weighted by molar-refractivity contribution is 5.36. The number of benzene rings is 4. The Labute approximate surface area is 277 Å². The summed E-state index contributed by atoms with van der Waals surface area (Å²) in [6.07, 6.45) is 3.96. The second-order valence-corrected chi connectivity index (χ2v) is 13.7. The molecule has 4 unspecified atom stereocenters. The summed E-state index contributed by atoms with van der Waals surface area (Å²) in [5, 5.41) is 0. The molecular formula is C40H44O7. The molecule has 3 aliphatic rings. The summed E-state index contributed by atoms with van der Waals surface area (Å²) in [5.41, 5.74) is 4.68. The number of ether oxygens (including phenoxy) is 7. The van der Waals surface area contributed by atoms with Crippen molar-refractivity contribution in [1.82, 2.24) is 0 Å². The minimum Gasteiger partial charge on any atom is -0.491 e. The molecule has 0 bridgehead atoms. The van der Waals surface area contributed by atoms with Crippen molar-refractivity contribution >= 4 is 0 Å². The fraction of sp³-hybridized carbons (Fsp3) is 0.400. The first-order valence-electron chi connectivity index (χ1n) is 16.6. The van der Waals surface area contributed by atoms with Gasteiger partial charge in [-0.25, -0.2) is 0 Å². The van der Waals surface area contributed by atoms with Crippen LogP contribution in [0.2, 0.25) is 0 Å². The smallest absolute Gasteiger partial charge is 0.210 e. The molecule has 3 heterocycles. The van der Waals surface area contributed by atoms with E-state index in [1.165, 1.54) is 22.3 Å². The molecule has 4 aromatic carbocycles. The van der Waals surface area contributed by atoms with Gasteiger partial charge in [-0.2, -0.15) is 0 Å². The van der Waals surface area contributed by atoms with Crippen molar-refractivity contribution in [3.8, 4) is 23.0 Å². The van der Waals surface area contributed by atoms with Crippen LogP contribution in [0.3, 0.4) is 0 Å². The second-order valence-electron chi connectivity index (χ2n) is 13.7. The normalized spacial score (nSPS) is 23.0. The molecule has 47 heavy (non-hydrogen) atoms. The van der Waals surface area contributed by atoms with Gasteiger partial charge in [0, 0.05) is 19.8 Å². The van der Waals surface area contributed by atoms with Gasteiger partial charge in [0.15, 0.2) is 0 Å². The fourth-order valence-electron chi connectivity index (χ4n) is 6.03. The van der Waals surface area contributed by atoms with E-state index < -0.39 is 5.79 Å². The molecule has 0 N–H and O–H groups in total. The standard InChI is InChI=1S/C40H44O7/c1-39(2,22-36-24-43-36)45-34-16-8-30(9-17-34)20-28-4-12-32(13-5-28)41-25-37-23-40(3,47-37)46-35-18-10-31(11-19-35)21-29-6-14-33(15-7-29)42-26-38-27-44-38/h4-19,36-38H,20-27H2,1-3H3. The van der Waals surface area contributed by atoms with Crippen molar-refractivity contribution < 1.29 is 33.2 Å². The summed E-state index contributed by atoms with van der Waals surface area (Å²) in [4.78, 5) is 0. The summed E-state index contributed by atoms with van der Waals surface area (Å²) >= 11 is 0. The van der Waals surface area contributed by atoms with E-state index in [2.05, 4.69) is 74.5 Å². The molecule has 0 aliphatic carbocycles. The fourth-order valence-corrected chi connectivity index (χ4v) is 6.03. The van der Waals surface area contributed by atoms with Crippen LogP contribution in [0, 0.1) is 0 Å². The predicted molar refractivity (Wildman–Crippen MR) is 180 cm³/mol. The van der Waals surface area contributed by atoms with E-state index in [0.717, 1.165) is 61.9 Å². The zero-order valence-electron chi connectivity index (χ0n) is 27.5. The first-order valence-corrected chi connectivity index (χ1v) is 16.6. The van der Waals surface area contributed by atoms with Gasteiger partial charge in [-0.05, 0) is 97.5 Å². The third-order valence-corrected chi connectivity index (χ3v) is 8.65. The minimum atomic E-state index is -0.650. The Balaban J connectivity index is 0.810. The van der Waals surface area contributed by atoms with E-state index in [-0.39, 0.29) is 17.8 Å². The molecule has 3 saturated heterocycles. The van der Waals surface area contributed by atoms with E-state index in [9.17, 15) is 0 Å². The van der Waals surface area contributed by atoms with E-state index in [1.54, 1.807) is 0 Å². The van der Waals surface area contributed by atoms with Crippen molar-refractivity contribution in [3.63, 3.8) is 0 Å². The number of rotatable bonds is 16. The van der Waals surface area contributed by atoms with E-state index >= 15 is 0 Å². The van der Waals surface area contributed by atoms with Gasteiger partial charge in [0.1, 0.15) is 54.0 Å². The monoisotopic (exact) mass is 636 g/mol. The summed E-state index contributed by atoms with van der Waals surface area (Å²) in [6, 6.07) is 33.1. The van der Waals surface area contributed by atoms with Gasteiger partial charge in [-0.3, -0.25) is 0 Å². The van der Waals surface area contributed by atoms with Crippen LogP contribution in [0.4, 0.5) is 0 Å². The lowest BCUT2D eigenvalue weighted by Gasteiger charge is -2.44. The zero-order chi connectivity index (χ0) is 32.3. The second kappa shape index (κ2) is 13.6. The Morgan fingerprint density at radius 3 is 1.45 bits per heavy atom. The van der Waals surface area contributed by atoms with Crippen molar-refractivity contribution in [3.05, 3.63) is 119 Å². The number of epoxide rings is 2. The summed E-state index contributed by atoms with van der Waals surface area (Å²) in [6.45, 7) is 8.96. The molecule has 246 valence electrons. The molecule has 7 heteroatoms. The molecule has 0 spiro atoms. The molecular weight excluding hydrogens is 592 g/mol. The average Bonchev–Trinajstić information content (AvgIpc) is 3.99. The molecule has 0 radical (unpaired) electrons. The van der Waals surface area contributed by atoms with Gasteiger partial charge in [0.05, 0.1) is 19.3 Å². The van der Waals surface area contributed by atoms with Crippen LogP contribution < -0.4 is 18.9 Å². The average molecular weight is 637 g/mol. The summed E-state index contributed by atoms with van der Waals surface area (Å²) in [7, 11) is 0. The van der Waals surface area contributed by atoms with Crippen LogP contribution in [0.1, 0.15) is 55.9 Å². The highest BCUT2D eigenvalue weighted by Crippen LogP contribution is 2.35. The van der Waals surface area contributed by atoms with Gasteiger partial charge in [-0.15, -0.1) is 0 Å². The van der Waals surface area contributed by atoms with Crippen molar-refractivity contribution in [2.24, 2.45) is 0 Å². The number of hydrogen-bond donors (Lipinski definition) is 0. The molecule has 0 amide bonds. The van der Waals surface area contributed by atoms with Crippen molar-refractivity contribution in [1.29, 1.82) is 0 Å². The van der Waals surface area contributed by atoms with E-state index in [1.807, 2.05) is 43.3 Å². The van der Waals surface area contributed by atoms with Gasteiger partial charge < -0.3 is 33.2 Å². The number of hydrogen-bond acceptors (Lipinski definition) is 7. The quantitative estimate of drug-likeness (QED) is 0.118. The lowest BCUT2D eigenvalue weighted by Crippen LogP contribution is -2.54. The molecule has 7 nitrogen and oxygen atoms in total. The Kier molecular flexibility index (Phi) is 9.13. The Bertz CT molecular complexity index is 1580. The van der Waals surface area contributed by atoms with Crippen LogP contribution in [-0.2, 0) is 27.1 Å². The Morgan fingerprint density at radius 1 is 0.596 bits per heavy atom. The summed E-state index contributed by atoms with van der Waals surface area (Å²) < 4.78 is 40.8. The highest BCUT2D eigenvalue weighted by Gasteiger charge is 2.44. The summed E-state index contributed by atoms with van der Waals surface area (Å²) in [5.74, 6) is 2.75. The first kappa shape index (κ1) is 31.6. The van der Waals surface area contributed by atoms with Crippen LogP contribution in [0.15, 0.2) is 97.1 Å². The maximum Gasteiger partial charge on any atom is 0.210 e. The third kappa shape index (κ3) is 9.28. The van der Waals surface area contributed by atoms with Gasteiger partial charge >= 0.3 is 0 Å². The Morgan fingerprint density at radius 2 is 1.00 bits per heavy atom. The first-order chi connectivity index (χ1) is 22.7. The predicted octanol–water partition coefficient (Wildman–Crippen LogP) is 7.56. The minimum absolute atomic E-state index is 0.00906. The lowest BCUT2D eigenvalue weighted by atomic mass is 10.0. The molecule has 3 fully saturated rings. The van der Waals surface area contributed by atoms with Gasteiger partial charge in [-0.1, -0.05) is 48.5 Å². The molecule has 0 aromatic heterocycles. The largest absolute Gasteiger partial charge is 0.491 e. The van der Waals surface area contributed by atoms with Crippen LogP contribution >= 0.6 is 0 Å².